The Balaban J connectivity index is 1.77. The lowest BCUT2D eigenvalue weighted by atomic mass is 10.1. The SMILES string of the molecule is O=C(c1cc(Cl)ccc1F)N1CCN(S(=O)(=O)c2c(Cl)cccc2Cl)CC1. The van der Waals surface area contributed by atoms with Crippen molar-refractivity contribution in [3.63, 3.8) is 0 Å². The van der Waals surface area contributed by atoms with Gasteiger partial charge < -0.3 is 4.90 Å². The second-order valence-corrected chi connectivity index (χ2v) is 9.00. The zero-order valence-electron chi connectivity index (χ0n) is 13.8. The van der Waals surface area contributed by atoms with E-state index in [2.05, 4.69) is 0 Å². The first-order valence-electron chi connectivity index (χ1n) is 7.90. The molecular formula is C17H14Cl3FN2O3S. The van der Waals surface area contributed by atoms with Crippen LogP contribution in [0, 0.1) is 5.82 Å². The van der Waals surface area contributed by atoms with Gasteiger partial charge in [0.05, 0.1) is 15.6 Å². The van der Waals surface area contributed by atoms with Crippen LogP contribution in [-0.4, -0.2) is 49.7 Å². The predicted octanol–water partition coefficient (Wildman–Crippen LogP) is 3.93. The maximum Gasteiger partial charge on any atom is 0.256 e. The highest BCUT2D eigenvalue weighted by Crippen LogP contribution is 2.32. The lowest BCUT2D eigenvalue weighted by Crippen LogP contribution is -2.50. The number of carbonyl (C=O) groups is 1. The molecule has 1 aliphatic rings. The molecule has 0 bridgehead atoms. The summed E-state index contributed by atoms with van der Waals surface area (Å²) in [6, 6.07) is 8.18. The summed E-state index contributed by atoms with van der Waals surface area (Å²) in [6.07, 6.45) is 0. The number of nitrogens with zero attached hydrogens (tertiary/aromatic N) is 2. The Morgan fingerprint density at radius 3 is 2.15 bits per heavy atom. The smallest absolute Gasteiger partial charge is 0.256 e. The molecular weight excluding hydrogens is 438 g/mol. The lowest BCUT2D eigenvalue weighted by molar-refractivity contribution is 0.0693. The first kappa shape index (κ1) is 20.4. The van der Waals surface area contributed by atoms with Gasteiger partial charge in [0.2, 0.25) is 10.0 Å². The van der Waals surface area contributed by atoms with Gasteiger partial charge in [-0.05, 0) is 30.3 Å². The first-order chi connectivity index (χ1) is 12.7. The summed E-state index contributed by atoms with van der Waals surface area (Å²) in [6.45, 7) is 0.286. The summed E-state index contributed by atoms with van der Waals surface area (Å²) in [5, 5.41) is 0.304. The number of hydrogen-bond donors (Lipinski definition) is 0. The molecule has 1 fully saturated rings. The fourth-order valence-electron chi connectivity index (χ4n) is 2.82. The van der Waals surface area contributed by atoms with E-state index in [1.54, 1.807) is 6.07 Å². The molecule has 1 heterocycles. The molecule has 144 valence electrons. The van der Waals surface area contributed by atoms with Crippen molar-refractivity contribution in [3.8, 4) is 0 Å². The van der Waals surface area contributed by atoms with E-state index in [9.17, 15) is 17.6 Å². The van der Waals surface area contributed by atoms with Crippen molar-refractivity contribution in [2.24, 2.45) is 0 Å². The molecule has 27 heavy (non-hydrogen) atoms. The minimum absolute atomic E-state index is 0.0296. The van der Waals surface area contributed by atoms with Crippen molar-refractivity contribution < 1.29 is 17.6 Å². The number of halogens is 4. The van der Waals surface area contributed by atoms with E-state index in [4.69, 9.17) is 34.8 Å². The quantitative estimate of drug-likeness (QED) is 0.710. The van der Waals surface area contributed by atoms with Gasteiger partial charge in [-0.2, -0.15) is 4.31 Å². The normalized spacial score (nSPS) is 15.8. The number of rotatable bonds is 3. The van der Waals surface area contributed by atoms with Crippen molar-refractivity contribution in [3.05, 3.63) is 62.8 Å². The van der Waals surface area contributed by atoms with Crippen molar-refractivity contribution in [1.82, 2.24) is 9.21 Å². The van der Waals surface area contributed by atoms with Crippen LogP contribution in [0.25, 0.3) is 0 Å². The lowest BCUT2D eigenvalue weighted by Gasteiger charge is -2.34. The number of amides is 1. The van der Waals surface area contributed by atoms with Crippen LogP contribution >= 0.6 is 34.8 Å². The Hall–Kier alpha value is -1.38. The van der Waals surface area contributed by atoms with E-state index in [1.165, 1.54) is 33.5 Å². The van der Waals surface area contributed by atoms with Crippen LogP contribution in [0.15, 0.2) is 41.3 Å². The third-order valence-corrected chi connectivity index (χ3v) is 7.29. The van der Waals surface area contributed by atoms with Gasteiger partial charge in [-0.15, -0.1) is 0 Å². The van der Waals surface area contributed by atoms with Crippen LogP contribution in [0.4, 0.5) is 4.39 Å². The average molecular weight is 452 g/mol. The third kappa shape index (κ3) is 4.07. The molecule has 1 saturated heterocycles. The molecule has 0 spiro atoms. The van der Waals surface area contributed by atoms with Crippen LogP contribution < -0.4 is 0 Å². The highest BCUT2D eigenvalue weighted by atomic mass is 35.5. The van der Waals surface area contributed by atoms with Gasteiger partial charge in [0.15, 0.2) is 0 Å². The number of hydrogen-bond acceptors (Lipinski definition) is 3. The van der Waals surface area contributed by atoms with Crippen LogP contribution in [0.2, 0.25) is 15.1 Å². The van der Waals surface area contributed by atoms with E-state index in [0.29, 0.717) is 0 Å². The fourth-order valence-corrected chi connectivity index (χ4v) is 5.51. The monoisotopic (exact) mass is 450 g/mol. The summed E-state index contributed by atoms with van der Waals surface area (Å²) < 4.78 is 40.8. The fraction of sp³-hybridized carbons (Fsp3) is 0.235. The summed E-state index contributed by atoms with van der Waals surface area (Å²) in [7, 11) is -3.92. The maximum atomic E-state index is 13.9. The number of piperazine rings is 1. The molecule has 1 aliphatic heterocycles. The van der Waals surface area contributed by atoms with Crippen molar-refractivity contribution in [1.29, 1.82) is 0 Å². The van der Waals surface area contributed by atoms with Gasteiger partial charge in [0.25, 0.3) is 5.91 Å². The Labute approximate surface area is 171 Å². The standard InChI is InChI=1S/C17H14Cl3FN2O3S/c18-11-4-5-15(21)12(10-11)17(24)22-6-8-23(9-7-22)27(25,26)16-13(19)2-1-3-14(16)20/h1-5,10H,6-9H2. The van der Waals surface area contributed by atoms with Crippen LogP contribution in [0.1, 0.15) is 10.4 Å². The third-order valence-electron chi connectivity index (χ3n) is 4.20. The summed E-state index contributed by atoms with van der Waals surface area (Å²) in [4.78, 5) is 13.8. The molecule has 0 aromatic heterocycles. The van der Waals surface area contributed by atoms with E-state index in [0.717, 1.165) is 6.07 Å². The predicted molar refractivity (Wildman–Crippen MR) is 103 cm³/mol. The molecule has 0 atom stereocenters. The molecule has 0 radical (unpaired) electrons. The Bertz CT molecular complexity index is 973. The largest absolute Gasteiger partial charge is 0.336 e. The van der Waals surface area contributed by atoms with Gasteiger partial charge in [0, 0.05) is 31.2 Å². The highest BCUT2D eigenvalue weighted by molar-refractivity contribution is 7.89. The van der Waals surface area contributed by atoms with Gasteiger partial charge >= 0.3 is 0 Å². The van der Waals surface area contributed by atoms with Gasteiger partial charge in [-0.25, -0.2) is 12.8 Å². The molecule has 1 amide bonds. The molecule has 0 N–H and O–H groups in total. The van der Waals surface area contributed by atoms with Crippen molar-refractivity contribution >= 4 is 50.7 Å². The minimum Gasteiger partial charge on any atom is -0.336 e. The summed E-state index contributed by atoms with van der Waals surface area (Å²) in [5.74, 6) is -1.22. The van der Waals surface area contributed by atoms with E-state index in [1.807, 2.05) is 0 Å². The number of benzene rings is 2. The van der Waals surface area contributed by atoms with Crippen LogP contribution in [0.5, 0.6) is 0 Å². The van der Waals surface area contributed by atoms with E-state index < -0.39 is 21.7 Å². The molecule has 5 nitrogen and oxygen atoms in total. The van der Waals surface area contributed by atoms with E-state index >= 15 is 0 Å². The zero-order valence-corrected chi connectivity index (χ0v) is 16.9. The summed E-state index contributed by atoms with van der Waals surface area (Å²) >= 11 is 17.9. The first-order valence-corrected chi connectivity index (χ1v) is 10.5. The molecule has 0 unspecified atom stereocenters. The minimum atomic E-state index is -3.92. The van der Waals surface area contributed by atoms with Gasteiger partial charge in [0.1, 0.15) is 10.7 Å². The molecule has 0 aliphatic carbocycles. The molecule has 2 aromatic carbocycles. The second-order valence-electron chi connectivity index (χ2n) is 5.87. The van der Waals surface area contributed by atoms with Crippen molar-refractivity contribution in [2.75, 3.05) is 26.2 Å². The topological polar surface area (TPSA) is 57.7 Å². The maximum absolute atomic E-state index is 13.9. The molecule has 2 aromatic rings. The van der Waals surface area contributed by atoms with Gasteiger partial charge in [-0.3, -0.25) is 4.79 Å². The Morgan fingerprint density at radius 2 is 1.56 bits per heavy atom. The van der Waals surface area contributed by atoms with E-state index in [-0.39, 0.29) is 51.7 Å². The zero-order chi connectivity index (χ0) is 19.8. The Kier molecular flexibility index (Phi) is 5.98. The van der Waals surface area contributed by atoms with Gasteiger partial charge in [-0.1, -0.05) is 40.9 Å². The molecule has 0 saturated carbocycles. The molecule has 10 heteroatoms. The van der Waals surface area contributed by atoms with Crippen molar-refractivity contribution in [2.45, 2.75) is 4.90 Å². The Morgan fingerprint density at radius 1 is 0.963 bits per heavy atom. The average Bonchev–Trinajstić information content (AvgIpc) is 2.63. The molecule has 3 rings (SSSR count). The van der Waals surface area contributed by atoms with Crippen LogP contribution in [0.3, 0.4) is 0 Å². The number of carbonyl (C=O) groups excluding carboxylic acids is 1. The number of sulfonamides is 1. The van der Waals surface area contributed by atoms with Crippen LogP contribution in [-0.2, 0) is 10.0 Å². The second kappa shape index (κ2) is 7.93. The summed E-state index contributed by atoms with van der Waals surface area (Å²) in [5.41, 5.74) is -0.145. The highest BCUT2D eigenvalue weighted by Gasteiger charge is 2.33.